The van der Waals surface area contributed by atoms with Gasteiger partial charge in [0, 0.05) is 20.2 Å². The van der Waals surface area contributed by atoms with E-state index in [4.69, 9.17) is 4.74 Å². The minimum Gasteiger partial charge on any atom is -0.468 e. The third kappa shape index (κ3) is 8.12. The van der Waals surface area contributed by atoms with E-state index in [1.54, 1.807) is 12.0 Å². The van der Waals surface area contributed by atoms with Gasteiger partial charge in [-0.25, -0.2) is 0 Å². The Labute approximate surface area is 121 Å². The van der Waals surface area contributed by atoms with Crippen LogP contribution in [0.2, 0.25) is 0 Å². The predicted molar refractivity (Wildman–Crippen MR) is 77.4 cm³/mol. The maximum Gasteiger partial charge on any atom is 0.325 e. The minimum atomic E-state index is -0.388. The molecule has 0 aromatic carbocycles. The number of rotatable bonds is 11. The fourth-order valence-electron chi connectivity index (χ4n) is 1.81. The van der Waals surface area contributed by atoms with Gasteiger partial charge in [0.15, 0.2) is 0 Å². The second-order valence-electron chi connectivity index (χ2n) is 4.70. The molecule has 0 unspecified atom stereocenters. The molecular formula is C14H28N2O4. The molecule has 0 aliphatic rings. The number of hydrogen-bond donors (Lipinski definition) is 1. The lowest BCUT2D eigenvalue weighted by Crippen LogP contribution is -2.44. The Balaban J connectivity index is 4.41. The molecule has 0 fully saturated rings. The number of nitrogens with one attached hydrogen (secondary N) is 1. The number of ether oxygens (including phenoxy) is 2. The third-order valence-corrected chi connectivity index (χ3v) is 3.29. The molecule has 0 spiro atoms. The van der Waals surface area contributed by atoms with Gasteiger partial charge in [-0.2, -0.15) is 0 Å². The molecule has 0 saturated heterocycles. The fraction of sp³-hybridized carbons (Fsp3) is 0.857. The van der Waals surface area contributed by atoms with Gasteiger partial charge in [0.25, 0.3) is 0 Å². The first kappa shape index (κ1) is 18.9. The quantitative estimate of drug-likeness (QED) is 0.447. The summed E-state index contributed by atoms with van der Waals surface area (Å²) in [7, 11) is 2.94. The van der Waals surface area contributed by atoms with Gasteiger partial charge in [-0.3, -0.25) is 9.59 Å². The van der Waals surface area contributed by atoms with Crippen molar-refractivity contribution < 1.29 is 19.1 Å². The van der Waals surface area contributed by atoms with E-state index in [0.717, 1.165) is 12.8 Å². The van der Waals surface area contributed by atoms with Crippen LogP contribution < -0.4 is 5.32 Å². The molecule has 0 aliphatic carbocycles. The molecule has 0 radical (unpaired) electrons. The van der Waals surface area contributed by atoms with Gasteiger partial charge < -0.3 is 19.7 Å². The molecule has 0 aromatic rings. The second kappa shape index (κ2) is 11.7. The van der Waals surface area contributed by atoms with E-state index in [-0.39, 0.29) is 25.0 Å². The van der Waals surface area contributed by atoms with Gasteiger partial charge in [-0.15, -0.1) is 0 Å². The zero-order valence-electron chi connectivity index (χ0n) is 13.1. The van der Waals surface area contributed by atoms with Crippen LogP contribution in [-0.4, -0.2) is 63.8 Å². The fourth-order valence-corrected chi connectivity index (χ4v) is 1.81. The Morgan fingerprint density at radius 1 is 1.20 bits per heavy atom. The molecule has 6 nitrogen and oxygen atoms in total. The maximum absolute atomic E-state index is 12.1. The zero-order chi connectivity index (χ0) is 15.4. The monoisotopic (exact) mass is 288 g/mol. The summed E-state index contributed by atoms with van der Waals surface area (Å²) in [4.78, 5) is 25.1. The van der Waals surface area contributed by atoms with E-state index < -0.39 is 0 Å². The average Bonchev–Trinajstić information content (AvgIpc) is 2.47. The van der Waals surface area contributed by atoms with Gasteiger partial charge in [0.05, 0.1) is 20.3 Å². The van der Waals surface area contributed by atoms with Crippen LogP contribution in [-0.2, 0) is 19.1 Å². The molecule has 0 saturated carbocycles. The Morgan fingerprint density at radius 3 is 2.35 bits per heavy atom. The Kier molecular flexibility index (Phi) is 11.0. The summed E-state index contributed by atoms with van der Waals surface area (Å²) in [5, 5.41) is 3.00. The molecule has 0 aromatic heterocycles. The van der Waals surface area contributed by atoms with Crippen LogP contribution in [0.3, 0.4) is 0 Å². The highest BCUT2D eigenvalue weighted by Gasteiger charge is 2.20. The van der Waals surface area contributed by atoms with Crippen molar-refractivity contribution in [2.24, 2.45) is 5.92 Å². The van der Waals surface area contributed by atoms with Crippen LogP contribution in [0, 0.1) is 5.92 Å². The summed E-state index contributed by atoms with van der Waals surface area (Å²) in [6, 6.07) is 0. The number of hydrogen-bond acceptors (Lipinski definition) is 5. The molecular weight excluding hydrogens is 260 g/mol. The molecule has 1 N–H and O–H groups in total. The topological polar surface area (TPSA) is 67.9 Å². The van der Waals surface area contributed by atoms with Gasteiger partial charge >= 0.3 is 5.97 Å². The highest BCUT2D eigenvalue weighted by atomic mass is 16.5. The highest BCUT2D eigenvalue weighted by molar-refractivity contribution is 5.83. The lowest BCUT2D eigenvalue weighted by Gasteiger charge is -2.26. The summed E-state index contributed by atoms with van der Waals surface area (Å²) < 4.78 is 9.55. The molecule has 0 heterocycles. The number of carbonyl (C=O) groups is 2. The van der Waals surface area contributed by atoms with Crippen LogP contribution in [0.15, 0.2) is 0 Å². The first-order valence-corrected chi connectivity index (χ1v) is 7.13. The van der Waals surface area contributed by atoms with Crippen LogP contribution in [0.4, 0.5) is 0 Å². The molecule has 0 rings (SSSR count). The number of amides is 1. The normalized spacial score (nSPS) is 10.7. The molecule has 0 aliphatic heterocycles. The summed E-state index contributed by atoms with van der Waals surface area (Å²) in [5.74, 6) is -0.0674. The molecule has 118 valence electrons. The molecule has 0 bridgehead atoms. The summed E-state index contributed by atoms with van der Waals surface area (Å²) in [6.07, 6.45) is 1.97. The van der Waals surface area contributed by atoms with Crippen LogP contribution in [0.5, 0.6) is 0 Å². The van der Waals surface area contributed by atoms with Crippen molar-refractivity contribution >= 4 is 11.9 Å². The van der Waals surface area contributed by atoms with Gasteiger partial charge in [-0.1, -0.05) is 26.7 Å². The van der Waals surface area contributed by atoms with Crippen molar-refractivity contribution in [1.82, 2.24) is 10.2 Å². The van der Waals surface area contributed by atoms with Gasteiger partial charge in [-0.05, 0) is 5.92 Å². The van der Waals surface area contributed by atoms with Crippen molar-refractivity contribution in [3.8, 4) is 0 Å². The number of esters is 1. The molecule has 20 heavy (non-hydrogen) atoms. The lowest BCUT2D eigenvalue weighted by molar-refractivity contribution is -0.147. The summed E-state index contributed by atoms with van der Waals surface area (Å²) in [6.45, 7) is 6.15. The predicted octanol–water partition coefficient (Wildman–Crippen LogP) is 0.660. The highest BCUT2D eigenvalue weighted by Crippen LogP contribution is 2.10. The first-order valence-electron chi connectivity index (χ1n) is 7.13. The van der Waals surface area contributed by atoms with E-state index in [1.807, 2.05) is 0 Å². The van der Waals surface area contributed by atoms with Crippen molar-refractivity contribution in [2.75, 3.05) is 47.0 Å². The number of methoxy groups -OCH3 is 2. The summed E-state index contributed by atoms with van der Waals surface area (Å²) >= 11 is 0. The standard InChI is InChI=1S/C14H28N2O4/c1-5-12(6-2)10-16(11-14(18)20-4)13(17)9-15-7-8-19-3/h12,15H,5-11H2,1-4H3. The minimum absolute atomic E-state index is 0.0117. The Hall–Kier alpha value is -1.14. The largest absolute Gasteiger partial charge is 0.468 e. The van der Waals surface area contributed by atoms with Crippen molar-refractivity contribution in [2.45, 2.75) is 26.7 Å². The smallest absolute Gasteiger partial charge is 0.325 e. The molecule has 0 atom stereocenters. The van der Waals surface area contributed by atoms with Crippen molar-refractivity contribution in [3.05, 3.63) is 0 Å². The van der Waals surface area contributed by atoms with Crippen molar-refractivity contribution in [1.29, 1.82) is 0 Å². The van der Waals surface area contributed by atoms with Crippen LogP contribution in [0.25, 0.3) is 0 Å². The van der Waals surface area contributed by atoms with E-state index in [9.17, 15) is 9.59 Å². The van der Waals surface area contributed by atoms with Gasteiger partial charge in [0.2, 0.25) is 5.91 Å². The molecule has 6 heteroatoms. The summed E-state index contributed by atoms with van der Waals surface area (Å²) in [5.41, 5.74) is 0. The SMILES string of the molecule is CCC(CC)CN(CC(=O)OC)C(=O)CNCCOC. The van der Waals surface area contributed by atoms with E-state index in [1.165, 1.54) is 7.11 Å². The Morgan fingerprint density at radius 2 is 1.85 bits per heavy atom. The lowest BCUT2D eigenvalue weighted by atomic mass is 10.0. The number of nitrogens with zero attached hydrogens (tertiary/aromatic N) is 1. The maximum atomic E-state index is 12.1. The zero-order valence-corrected chi connectivity index (χ0v) is 13.1. The van der Waals surface area contributed by atoms with Crippen LogP contribution >= 0.6 is 0 Å². The van der Waals surface area contributed by atoms with Crippen LogP contribution in [0.1, 0.15) is 26.7 Å². The Bertz CT molecular complexity index is 280. The van der Waals surface area contributed by atoms with E-state index >= 15 is 0 Å². The van der Waals surface area contributed by atoms with E-state index in [2.05, 4.69) is 23.9 Å². The van der Waals surface area contributed by atoms with Gasteiger partial charge in [0.1, 0.15) is 6.54 Å². The van der Waals surface area contributed by atoms with E-state index in [0.29, 0.717) is 25.6 Å². The third-order valence-electron chi connectivity index (χ3n) is 3.29. The first-order chi connectivity index (χ1) is 9.58. The van der Waals surface area contributed by atoms with Crippen molar-refractivity contribution in [3.63, 3.8) is 0 Å². The molecule has 1 amide bonds. The number of carbonyl (C=O) groups excluding carboxylic acids is 2. The average molecular weight is 288 g/mol. The second-order valence-corrected chi connectivity index (χ2v) is 4.70.